The van der Waals surface area contributed by atoms with E-state index in [1.807, 2.05) is 20.8 Å². The van der Waals surface area contributed by atoms with Crippen LogP contribution in [0.1, 0.15) is 37.9 Å². The molecule has 1 N–H and O–H groups in total. The standard InChI is InChI=1S/C14H22N4O4S2/c1-5-11-17-18-13(19)12(10(4)16-14(18)23-11)24(20,21)15-7-6-8-22-9(2)3/h9,15H,5-8H2,1-4H3. The van der Waals surface area contributed by atoms with Crippen molar-refractivity contribution in [1.82, 2.24) is 19.3 Å². The first-order valence-corrected chi connectivity index (χ1v) is 10.1. The zero-order chi connectivity index (χ0) is 17.9. The molecule has 2 aromatic rings. The lowest BCUT2D eigenvalue weighted by molar-refractivity contribution is 0.0778. The largest absolute Gasteiger partial charge is 0.379 e. The first kappa shape index (κ1) is 19.0. The van der Waals surface area contributed by atoms with Gasteiger partial charge < -0.3 is 4.74 Å². The van der Waals surface area contributed by atoms with Gasteiger partial charge in [-0.25, -0.2) is 18.1 Å². The summed E-state index contributed by atoms with van der Waals surface area (Å²) in [5, 5.41) is 4.85. The van der Waals surface area contributed by atoms with E-state index in [0.29, 0.717) is 24.4 Å². The Morgan fingerprint density at radius 1 is 1.38 bits per heavy atom. The molecule has 0 aliphatic rings. The molecular weight excluding hydrogens is 352 g/mol. The summed E-state index contributed by atoms with van der Waals surface area (Å²) in [6.07, 6.45) is 1.27. The van der Waals surface area contributed by atoms with Crippen LogP contribution >= 0.6 is 11.3 Å². The third-order valence-electron chi connectivity index (χ3n) is 3.22. The molecule has 0 bridgehead atoms. The summed E-state index contributed by atoms with van der Waals surface area (Å²) >= 11 is 1.28. The summed E-state index contributed by atoms with van der Waals surface area (Å²) < 4.78 is 33.8. The number of hydrogen-bond donors (Lipinski definition) is 1. The first-order chi connectivity index (χ1) is 11.3. The van der Waals surface area contributed by atoms with Crippen LogP contribution in [-0.2, 0) is 21.2 Å². The van der Waals surface area contributed by atoms with Crippen LogP contribution in [0.5, 0.6) is 0 Å². The Morgan fingerprint density at radius 3 is 2.71 bits per heavy atom. The molecule has 10 heteroatoms. The average Bonchev–Trinajstić information content (AvgIpc) is 2.89. The molecule has 0 amide bonds. The minimum absolute atomic E-state index is 0.0949. The zero-order valence-electron chi connectivity index (χ0n) is 14.2. The monoisotopic (exact) mass is 374 g/mol. The van der Waals surface area contributed by atoms with E-state index in [0.717, 1.165) is 9.52 Å². The van der Waals surface area contributed by atoms with Crippen LogP contribution in [0.4, 0.5) is 0 Å². The highest BCUT2D eigenvalue weighted by atomic mass is 32.2. The van der Waals surface area contributed by atoms with Gasteiger partial charge in [0.05, 0.1) is 11.8 Å². The van der Waals surface area contributed by atoms with E-state index in [1.165, 1.54) is 18.3 Å². The van der Waals surface area contributed by atoms with E-state index in [2.05, 4.69) is 14.8 Å². The van der Waals surface area contributed by atoms with Crippen LogP contribution in [0.25, 0.3) is 4.96 Å². The lowest BCUT2D eigenvalue weighted by Gasteiger charge is -2.09. The Kier molecular flexibility index (Phi) is 6.07. The van der Waals surface area contributed by atoms with Gasteiger partial charge in [0, 0.05) is 13.2 Å². The van der Waals surface area contributed by atoms with Crippen LogP contribution in [0.15, 0.2) is 9.69 Å². The number of ether oxygens (including phenoxy) is 1. The Morgan fingerprint density at radius 2 is 2.08 bits per heavy atom. The van der Waals surface area contributed by atoms with Gasteiger partial charge in [-0.2, -0.15) is 9.61 Å². The van der Waals surface area contributed by atoms with Crippen LogP contribution in [-0.4, -0.2) is 42.3 Å². The molecule has 0 unspecified atom stereocenters. The number of rotatable bonds is 8. The first-order valence-electron chi connectivity index (χ1n) is 7.77. The molecule has 2 heterocycles. The van der Waals surface area contributed by atoms with Gasteiger partial charge in [0.25, 0.3) is 5.56 Å². The SMILES string of the molecule is CCc1nn2c(=O)c(S(=O)(=O)NCCCOC(C)C)c(C)nc2s1. The Balaban J connectivity index is 2.25. The van der Waals surface area contributed by atoms with Crippen LogP contribution in [0.2, 0.25) is 0 Å². The molecule has 134 valence electrons. The number of aromatic nitrogens is 3. The Hall–Kier alpha value is -1.36. The summed E-state index contributed by atoms with van der Waals surface area (Å²) in [6.45, 7) is 7.88. The van der Waals surface area contributed by atoms with Crippen molar-refractivity contribution in [3.63, 3.8) is 0 Å². The van der Waals surface area contributed by atoms with E-state index in [4.69, 9.17) is 4.74 Å². The second-order valence-electron chi connectivity index (χ2n) is 5.55. The number of nitrogens with one attached hydrogen (secondary N) is 1. The molecule has 8 nitrogen and oxygen atoms in total. The van der Waals surface area contributed by atoms with Gasteiger partial charge in [-0.1, -0.05) is 18.3 Å². The van der Waals surface area contributed by atoms with Gasteiger partial charge in [-0.15, -0.1) is 0 Å². The highest BCUT2D eigenvalue weighted by molar-refractivity contribution is 7.89. The Labute approximate surface area is 144 Å². The van der Waals surface area contributed by atoms with Crippen molar-refractivity contribution in [3.8, 4) is 0 Å². The quantitative estimate of drug-likeness (QED) is 0.695. The second-order valence-corrected chi connectivity index (χ2v) is 8.29. The van der Waals surface area contributed by atoms with E-state index >= 15 is 0 Å². The molecule has 2 rings (SSSR count). The second kappa shape index (κ2) is 7.68. The number of fused-ring (bicyclic) bond motifs is 1. The van der Waals surface area contributed by atoms with Crippen molar-refractivity contribution in [2.24, 2.45) is 0 Å². The van der Waals surface area contributed by atoms with E-state index in [9.17, 15) is 13.2 Å². The topological polar surface area (TPSA) is 103 Å². The maximum Gasteiger partial charge on any atom is 0.295 e. The molecule has 0 fully saturated rings. The van der Waals surface area contributed by atoms with Crippen molar-refractivity contribution in [1.29, 1.82) is 0 Å². The van der Waals surface area contributed by atoms with E-state index in [1.54, 1.807) is 0 Å². The van der Waals surface area contributed by atoms with Gasteiger partial charge in [-0.3, -0.25) is 4.79 Å². The third kappa shape index (κ3) is 4.18. The molecule has 0 aliphatic heterocycles. The van der Waals surface area contributed by atoms with Crippen molar-refractivity contribution in [2.45, 2.75) is 51.5 Å². The number of hydrogen-bond acceptors (Lipinski definition) is 7. The maximum absolute atomic E-state index is 12.5. The van der Waals surface area contributed by atoms with Crippen LogP contribution in [0.3, 0.4) is 0 Å². The molecule has 0 spiro atoms. The predicted molar refractivity (Wildman–Crippen MR) is 92.1 cm³/mol. The fourth-order valence-electron chi connectivity index (χ4n) is 2.09. The van der Waals surface area contributed by atoms with Gasteiger partial charge in [0.15, 0.2) is 4.90 Å². The highest BCUT2D eigenvalue weighted by Gasteiger charge is 2.24. The highest BCUT2D eigenvalue weighted by Crippen LogP contribution is 2.15. The molecule has 0 atom stereocenters. The summed E-state index contributed by atoms with van der Waals surface area (Å²) in [5.74, 6) is 0. The van der Waals surface area contributed by atoms with Gasteiger partial charge in [0.2, 0.25) is 15.0 Å². The third-order valence-corrected chi connectivity index (χ3v) is 5.86. The molecule has 0 radical (unpaired) electrons. The molecule has 0 saturated heterocycles. The zero-order valence-corrected chi connectivity index (χ0v) is 15.8. The lowest BCUT2D eigenvalue weighted by atomic mass is 10.4. The van der Waals surface area contributed by atoms with Crippen LogP contribution < -0.4 is 10.3 Å². The predicted octanol–water partition coefficient (Wildman–Crippen LogP) is 1.12. The summed E-state index contributed by atoms with van der Waals surface area (Å²) in [4.78, 5) is 16.8. The summed E-state index contributed by atoms with van der Waals surface area (Å²) in [6, 6.07) is 0. The van der Waals surface area contributed by atoms with Gasteiger partial charge in [0.1, 0.15) is 5.01 Å². The lowest BCUT2D eigenvalue weighted by Crippen LogP contribution is -2.33. The molecule has 2 aromatic heterocycles. The van der Waals surface area contributed by atoms with Crippen LogP contribution in [0, 0.1) is 6.92 Å². The normalized spacial score (nSPS) is 12.4. The molecule has 0 aliphatic carbocycles. The van der Waals surface area contributed by atoms with Crippen molar-refractivity contribution >= 4 is 26.3 Å². The molecular formula is C14H22N4O4S2. The maximum atomic E-state index is 12.5. The minimum Gasteiger partial charge on any atom is -0.379 e. The number of nitrogens with zero attached hydrogens (tertiary/aromatic N) is 3. The molecule has 0 aromatic carbocycles. The van der Waals surface area contributed by atoms with Crippen molar-refractivity contribution < 1.29 is 13.2 Å². The van der Waals surface area contributed by atoms with E-state index in [-0.39, 0.29) is 23.2 Å². The number of aryl methyl sites for hydroxylation is 2. The number of sulfonamides is 1. The molecule has 0 saturated carbocycles. The van der Waals surface area contributed by atoms with Gasteiger partial charge >= 0.3 is 0 Å². The fraction of sp³-hybridized carbons (Fsp3) is 0.643. The molecule has 24 heavy (non-hydrogen) atoms. The Bertz CT molecular complexity index is 871. The minimum atomic E-state index is -3.95. The van der Waals surface area contributed by atoms with E-state index < -0.39 is 15.6 Å². The smallest absolute Gasteiger partial charge is 0.295 e. The fourth-order valence-corrected chi connectivity index (χ4v) is 4.27. The summed E-state index contributed by atoms with van der Waals surface area (Å²) in [5.41, 5.74) is -0.489. The average molecular weight is 374 g/mol. The van der Waals surface area contributed by atoms with Gasteiger partial charge in [-0.05, 0) is 33.6 Å². The van der Waals surface area contributed by atoms with Crippen molar-refractivity contribution in [2.75, 3.05) is 13.2 Å². The van der Waals surface area contributed by atoms with Crippen molar-refractivity contribution in [3.05, 3.63) is 21.1 Å². The summed E-state index contributed by atoms with van der Waals surface area (Å²) in [7, 11) is -3.95.